The molecule has 1 aliphatic heterocycles. The number of aldehydes is 1. The fourth-order valence-corrected chi connectivity index (χ4v) is 2.63. The number of hydrogen-bond acceptors (Lipinski definition) is 8. The van der Waals surface area contributed by atoms with E-state index in [0.717, 1.165) is 69.8 Å². The molecule has 0 atom stereocenters. The van der Waals surface area contributed by atoms with E-state index >= 15 is 0 Å². The van der Waals surface area contributed by atoms with Crippen molar-refractivity contribution in [2.75, 3.05) is 57.1 Å². The molecule has 0 aliphatic carbocycles. The minimum atomic E-state index is 0.472. The molecule has 1 aromatic heterocycles. The van der Waals surface area contributed by atoms with Crippen molar-refractivity contribution in [2.24, 2.45) is 0 Å². The Morgan fingerprint density at radius 1 is 1.18 bits per heavy atom. The molecule has 8 heteroatoms. The molecule has 1 saturated heterocycles. The Morgan fingerprint density at radius 3 is 2.54 bits per heavy atom. The molecule has 28 heavy (non-hydrogen) atoms. The van der Waals surface area contributed by atoms with Crippen LogP contribution in [0, 0.1) is 0 Å². The summed E-state index contributed by atoms with van der Waals surface area (Å²) in [4.78, 5) is 11.8. The van der Waals surface area contributed by atoms with Gasteiger partial charge in [0.05, 0.1) is 13.2 Å². The molecule has 0 spiro atoms. The standard InChI is InChI=1S/C16H23N5O2.C4H8O/c1-17-14-5-3-13(4-6-14)15-19-20-16(23-15)18-7-2-8-21-9-11-22-12-10-21;1-2-3-4-5/h3-6,17H,2,7-12H2,1H3,(H,18,20);4H,2-3H2,1H3. The van der Waals surface area contributed by atoms with Gasteiger partial charge in [0.25, 0.3) is 0 Å². The lowest BCUT2D eigenvalue weighted by molar-refractivity contribution is -0.107. The molecule has 2 N–H and O–H groups in total. The highest BCUT2D eigenvalue weighted by molar-refractivity contribution is 5.58. The van der Waals surface area contributed by atoms with Gasteiger partial charge in [0, 0.05) is 44.4 Å². The van der Waals surface area contributed by atoms with Crippen molar-refractivity contribution >= 4 is 18.0 Å². The minimum absolute atomic E-state index is 0.472. The van der Waals surface area contributed by atoms with E-state index in [1.807, 2.05) is 38.2 Å². The van der Waals surface area contributed by atoms with E-state index in [1.165, 1.54) is 0 Å². The summed E-state index contributed by atoms with van der Waals surface area (Å²) in [6, 6.07) is 8.35. The number of carbonyl (C=O) groups excluding carboxylic acids is 1. The highest BCUT2D eigenvalue weighted by Crippen LogP contribution is 2.21. The molecule has 0 unspecified atom stereocenters. The molecular formula is C20H31N5O3. The van der Waals surface area contributed by atoms with Gasteiger partial charge in [-0.3, -0.25) is 4.90 Å². The number of nitrogens with one attached hydrogen (secondary N) is 2. The summed E-state index contributed by atoms with van der Waals surface area (Å²) in [6.45, 7) is 7.58. The largest absolute Gasteiger partial charge is 0.403 e. The number of anilines is 2. The average Bonchev–Trinajstić information content (AvgIpc) is 3.22. The number of carbonyl (C=O) groups is 1. The summed E-state index contributed by atoms with van der Waals surface area (Å²) in [7, 11) is 1.89. The van der Waals surface area contributed by atoms with Gasteiger partial charge in [-0.1, -0.05) is 12.0 Å². The first-order valence-electron chi connectivity index (χ1n) is 9.86. The summed E-state index contributed by atoms with van der Waals surface area (Å²) in [5.74, 6) is 0.531. The van der Waals surface area contributed by atoms with Crippen molar-refractivity contribution in [2.45, 2.75) is 26.2 Å². The predicted molar refractivity (Wildman–Crippen MR) is 111 cm³/mol. The molecule has 2 aromatic rings. The van der Waals surface area contributed by atoms with Gasteiger partial charge in [0.15, 0.2) is 0 Å². The fourth-order valence-electron chi connectivity index (χ4n) is 2.63. The third-order valence-electron chi connectivity index (χ3n) is 4.28. The smallest absolute Gasteiger partial charge is 0.315 e. The van der Waals surface area contributed by atoms with E-state index in [0.29, 0.717) is 18.3 Å². The summed E-state index contributed by atoms with van der Waals surface area (Å²) in [6.07, 6.45) is 3.65. The van der Waals surface area contributed by atoms with Crippen molar-refractivity contribution < 1.29 is 13.9 Å². The number of unbranched alkanes of at least 4 members (excludes halogenated alkanes) is 1. The molecule has 8 nitrogen and oxygen atoms in total. The van der Waals surface area contributed by atoms with Crippen LogP contribution in [0.5, 0.6) is 0 Å². The predicted octanol–water partition coefficient (Wildman–Crippen LogP) is 2.90. The third kappa shape index (κ3) is 7.66. The zero-order valence-electron chi connectivity index (χ0n) is 16.8. The Kier molecular flexibility index (Phi) is 10.0. The number of aromatic nitrogens is 2. The van der Waals surface area contributed by atoms with Gasteiger partial charge in [-0.15, -0.1) is 5.10 Å². The van der Waals surface area contributed by atoms with Gasteiger partial charge >= 0.3 is 6.01 Å². The van der Waals surface area contributed by atoms with Crippen LogP contribution in [0.1, 0.15) is 26.2 Å². The van der Waals surface area contributed by atoms with Crippen molar-refractivity contribution in [1.82, 2.24) is 15.1 Å². The third-order valence-corrected chi connectivity index (χ3v) is 4.28. The highest BCUT2D eigenvalue weighted by Gasteiger charge is 2.10. The van der Waals surface area contributed by atoms with Crippen molar-refractivity contribution in [3.8, 4) is 11.5 Å². The van der Waals surface area contributed by atoms with Crippen LogP contribution < -0.4 is 10.6 Å². The Labute approximate surface area is 166 Å². The van der Waals surface area contributed by atoms with Crippen LogP contribution >= 0.6 is 0 Å². The molecule has 1 aromatic carbocycles. The van der Waals surface area contributed by atoms with E-state index in [1.54, 1.807) is 0 Å². The molecule has 0 saturated carbocycles. The van der Waals surface area contributed by atoms with Gasteiger partial charge in [0.1, 0.15) is 6.29 Å². The molecule has 3 rings (SSSR count). The molecule has 2 heterocycles. The van der Waals surface area contributed by atoms with Gasteiger partial charge in [-0.2, -0.15) is 0 Å². The Balaban J connectivity index is 0.000000500. The first-order valence-corrected chi connectivity index (χ1v) is 9.86. The fraction of sp³-hybridized carbons (Fsp3) is 0.550. The lowest BCUT2D eigenvalue weighted by Gasteiger charge is -2.26. The molecule has 1 aliphatic rings. The average molecular weight is 390 g/mol. The summed E-state index contributed by atoms with van der Waals surface area (Å²) >= 11 is 0. The van der Waals surface area contributed by atoms with Crippen LogP contribution in [0.25, 0.3) is 11.5 Å². The lowest BCUT2D eigenvalue weighted by atomic mass is 10.2. The Hall–Kier alpha value is -2.45. The maximum atomic E-state index is 9.40. The van der Waals surface area contributed by atoms with Crippen molar-refractivity contribution in [1.29, 1.82) is 0 Å². The molecular weight excluding hydrogens is 358 g/mol. The normalized spacial score (nSPS) is 14.1. The van der Waals surface area contributed by atoms with Crippen molar-refractivity contribution in [3.05, 3.63) is 24.3 Å². The van der Waals surface area contributed by atoms with E-state index in [4.69, 9.17) is 9.15 Å². The number of hydrogen-bond donors (Lipinski definition) is 2. The van der Waals surface area contributed by atoms with Crippen molar-refractivity contribution in [3.63, 3.8) is 0 Å². The minimum Gasteiger partial charge on any atom is -0.403 e. The van der Waals surface area contributed by atoms with Gasteiger partial charge in [0.2, 0.25) is 5.89 Å². The maximum absolute atomic E-state index is 9.40. The SMILES string of the molecule is CCCC=O.CNc1ccc(-c2nnc(NCCCN3CCOCC3)o2)cc1. The number of ether oxygens (including phenoxy) is 1. The van der Waals surface area contributed by atoms with Crippen LogP contribution in [-0.4, -0.2) is 67.8 Å². The quantitative estimate of drug-likeness (QED) is 0.500. The molecule has 1 fully saturated rings. The summed E-state index contributed by atoms with van der Waals surface area (Å²) in [5, 5.41) is 14.4. The summed E-state index contributed by atoms with van der Waals surface area (Å²) in [5.41, 5.74) is 1.97. The van der Waals surface area contributed by atoms with Crippen LogP contribution in [0.4, 0.5) is 11.7 Å². The van der Waals surface area contributed by atoms with Crippen LogP contribution in [0.2, 0.25) is 0 Å². The highest BCUT2D eigenvalue weighted by atomic mass is 16.5. The zero-order valence-corrected chi connectivity index (χ0v) is 16.8. The van der Waals surface area contributed by atoms with E-state index in [2.05, 4.69) is 25.7 Å². The summed E-state index contributed by atoms with van der Waals surface area (Å²) < 4.78 is 11.0. The van der Waals surface area contributed by atoms with E-state index in [9.17, 15) is 4.79 Å². The first-order chi connectivity index (χ1) is 13.8. The van der Waals surface area contributed by atoms with Gasteiger partial charge in [-0.25, -0.2) is 0 Å². The van der Waals surface area contributed by atoms with Gasteiger partial charge < -0.3 is 24.6 Å². The Morgan fingerprint density at radius 2 is 1.93 bits per heavy atom. The Bertz CT molecular complexity index is 669. The first kappa shape index (κ1) is 21.8. The van der Waals surface area contributed by atoms with E-state index in [-0.39, 0.29) is 0 Å². The number of rotatable bonds is 9. The van der Waals surface area contributed by atoms with Gasteiger partial charge in [-0.05, 0) is 43.7 Å². The zero-order chi connectivity index (χ0) is 20.0. The maximum Gasteiger partial charge on any atom is 0.315 e. The monoisotopic (exact) mass is 389 g/mol. The molecule has 154 valence electrons. The second kappa shape index (κ2) is 12.9. The van der Waals surface area contributed by atoms with Crippen LogP contribution in [0.15, 0.2) is 28.7 Å². The number of benzene rings is 1. The second-order valence-electron chi connectivity index (χ2n) is 6.43. The molecule has 0 radical (unpaired) electrons. The van der Waals surface area contributed by atoms with E-state index < -0.39 is 0 Å². The van der Waals surface area contributed by atoms with Crippen LogP contribution in [0.3, 0.4) is 0 Å². The topological polar surface area (TPSA) is 92.5 Å². The number of morpholine rings is 1. The second-order valence-corrected chi connectivity index (χ2v) is 6.43. The molecule has 0 bridgehead atoms. The lowest BCUT2D eigenvalue weighted by Crippen LogP contribution is -2.37. The molecule has 0 amide bonds. The van der Waals surface area contributed by atoms with Crippen LogP contribution in [-0.2, 0) is 9.53 Å². The number of nitrogens with zero attached hydrogens (tertiary/aromatic N) is 3.